The van der Waals surface area contributed by atoms with Gasteiger partial charge in [0.1, 0.15) is 0 Å². The summed E-state index contributed by atoms with van der Waals surface area (Å²) in [5, 5.41) is 13.1. The van der Waals surface area contributed by atoms with Crippen molar-refractivity contribution in [3.63, 3.8) is 0 Å². The van der Waals surface area contributed by atoms with E-state index in [-0.39, 0.29) is 22.2 Å². The number of amides is 1. The van der Waals surface area contributed by atoms with Crippen molar-refractivity contribution in [2.75, 3.05) is 17.7 Å². The number of carbonyl (C=O) groups is 2. The van der Waals surface area contributed by atoms with Crippen molar-refractivity contribution in [2.24, 2.45) is 0 Å². The van der Waals surface area contributed by atoms with Crippen LogP contribution in [0.1, 0.15) is 0 Å². The molecule has 1 N–H and O–H groups in total. The molecule has 0 unspecified atom stereocenters. The van der Waals surface area contributed by atoms with Gasteiger partial charge in [0, 0.05) is 17.0 Å². The molecule has 2 aromatic rings. The predicted octanol–water partition coefficient (Wildman–Crippen LogP) is 3.52. The molecule has 0 bridgehead atoms. The monoisotopic (exact) mass is 380 g/mol. The van der Waals surface area contributed by atoms with Crippen molar-refractivity contribution < 1.29 is 19.2 Å². The molecule has 2 aromatic carbocycles. The summed E-state index contributed by atoms with van der Waals surface area (Å²) in [7, 11) is 0. The maximum Gasteiger partial charge on any atom is 0.316 e. The summed E-state index contributed by atoms with van der Waals surface area (Å²) in [6.07, 6.45) is 0. The van der Waals surface area contributed by atoms with Crippen LogP contribution in [-0.2, 0) is 14.3 Å². The van der Waals surface area contributed by atoms with E-state index in [1.54, 1.807) is 0 Å². The number of hydrogen-bond acceptors (Lipinski definition) is 6. The number of rotatable bonds is 7. The molecule has 0 aliphatic heterocycles. The summed E-state index contributed by atoms with van der Waals surface area (Å²) >= 11 is 7.17. The predicted molar refractivity (Wildman–Crippen MR) is 94.9 cm³/mol. The Morgan fingerprint density at radius 2 is 1.92 bits per heavy atom. The van der Waals surface area contributed by atoms with Crippen LogP contribution in [0.4, 0.5) is 11.4 Å². The number of thioether (sulfide) groups is 1. The van der Waals surface area contributed by atoms with Gasteiger partial charge in [0.15, 0.2) is 6.61 Å². The fourth-order valence-corrected chi connectivity index (χ4v) is 2.69. The van der Waals surface area contributed by atoms with Crippen LogP contribution in [0.25, 0.3) is 0 Å². The number of carbonyl (C=O) groups excluding carboxylic acids is 2. The second-order valence-electron chi connectivity index (χ2n) is 4.73. The first-order chi connectivity index (χ1) is 12.0. The van der Waals surface area contributed by atoms with E-state index in [1.807, 2.05) is 30.3 Å². The molecular weight excluding hydrogens is 368 g/mol. The number of halogens is 1. The Morgan fingerprint density at radius 3 is 2.56 bits per heavy atom. The van der Waals surface area contributed by atoms with Gasteiger partial charge in [-0.05, 0) is 18.2 Å². The molecule has 0 saturated heterocycles. The first kappa shape index (κ1) is 18.8. The Hall–Kier alpha value is -2.58. The van der Waals surface area contributed by atoms with Crippen molar-refractivity contribution in [2.45, 2.75) is 4.90 Å². The maximum absolute atomic E-state index is 11.8. The van der Waals surface area contributed by atoms with Gasteiger partial charge in [-0.2, -0.15) is 0 Å². The molecule has 0 heterocycles. The Morgan fingerprint density at radius 1 is 1.20 bits per heavy atom. The topological polar surface area (TPSA) is 98.5 Å². The summed E-state index contributed by atoms with van der Waals surface area (Å²) < 4.78 is 4.88. The number of esters is 1. The second-order valence-corrected chi connectivity index (χ2v) is 6.19. The van der Waals surface area contributed by atoms with Gasteiger partial charge in [-0.1, -0.05) is 29.8 Å². The van der Waals surface area contributed by atoms with Crippen LogP contribution in [-0.4, -0.2) is 29.2 Å². The van der Waals surface area contributed by atoms with Gasteiger partial charge in [-0.15, -0.1) is 11.8 Å². The Balaban J connectivity index is 1.78. The highest BCUT2D eigenvalue weighted by atomic mass is 35.5. The lowest BCUT2D eigenvalue weighted by atomic mass is 10.3. The van der Waals surface area contributed by atoms with Crippen molar-refractivity contribution in [1.29, 1.82) is 0 Å². The summed E-state index contributed by atoms with van der Waals surface area (Å²) in [6.45, 7) is -0.471. The highest BCUT2D eigenvalue weighted by Crippen LogP contribution is 2.26. The van der Waals surface area contributed by atoms with E-state index in [1.165, 1.54) is 23.9 Å². The molecule has 0 radical (unpaired) electrons. The Bertz CT molecular complexity index is 785. The van der Waals surface area contributed by atoms with Crippen LogP contribution in [0, 0.1) is 10.1 Å². The third-order valence-electron chi connectivity index (χ3n) is 2.90. The summed E-state index contributed by atoms with van der Waals surface area (Å²) in [5.41, 5.74) is 0.0133. The van der Waals surface area contributed by atoms with Gasteiger partial charge in [0.05, 0.1) is 21.4 Å². The molecular formula is C16H13ClN2O5S. The lowest BCUT2D eigenvalue weighted by molar-refractivity contribution is -0.384. The average molecular weight is 381 g/mol. The Kier molecular flexibility index (Phi) is 6.79. The van der Waals surface area contributed by atoms with Crippen LogP contribution in [0.2, 0.25) is 5.02 Å². The van der Waals surface area contributed by atoms with E-state index in [0.717, 1.165) is 11.0 Å². The summed E-state index contributed by atoms with van der Waals surface area (Å²) in [6, 6.07) is 13.0. The van der Waals surface area contributed by atoms with Gasteiger partial charge in [0.2, 0.25) is 0 Å². The molecule has 0 spiro atoms. The highest BCUT2D eigenvalue weighted by molar-refractivity contribution is 8.00. The molecule has 0 aliphatic rings. The van der Waals surface area contributed by atoms with E-state index in [2.05, 4.69) is 5.32 Å². The van der Waals surface area contributed by atoms with E-state index < -0.39 is 23.4 Å². The molecule has 0 aromatic heterocycles. The van der Waals surface area contributed by atoms with Crippen LogP contribution in [0.5, 0.6) is 0 Å². The molecule has 2 rings (SSSR count). The largest absolute Gasteiger partial charge is 0.455 e. The third-order valence-corrected chi connectivity index (χ3v) is 4.20. The molecule has 25 heavy (non-hydrogen) atoms. The van der Waals surface area contributed by atoms with Crippen LogP contribution in [0.15, 0.2) is 53.4 Å². The number of nitrogens with zero attached hydrogens (tertiary/aromatic N) is 1. The molecule has 130 valence electrons. The molecule has 1 amide bonds. The van der Waals surface area contributed by atoms with Crippen molar-refractivity contribution in [1.82, 2.24) is 0 Å². The number of anilines is 1. The highest BCUT2D eigenvalue weighted by Gasteiger charge is 2.13. The molecule has 7 nitrogen and oxygen atoms in total. The van der Waals surface area contributed by atoms with Crippen molar-refractivity contribution in [3.05, 3.63) is 63.7 Å². The fraction of sp³-hybridized carbons (Fsp3) is 0.125. The normalized spacial score (nSPS) is 10.1. The quantitative estimate of drug-likeness (QED) is 0.341. The van der Waals surface area contributed by atoms with Gasteiger partial charge in [-0.25, -0.2) is 0 Å². The number of nitro groups is 1. The lowest BCUT2D eigenvalue weighted by Crippen LogP contribution is -2.21. The number of non-ortho nitro benzene ring substituents is 1. The van der Waals surface area contributed by atoms with E-state index in [0.29, 0.717) is 0 Å². The van der Waals surface area contributed by atoms with Gasteiger partial charge in [-0.3, -0.25) is 19.7 Å². The minimum atomic E-state index is -0.594. The summed E-state index contributed by atoms with van der Waals surface area (Å²) in [4.78, 5) is 34.4. The molecule has 0 aliphatic carbocycles. The van der Waals surface area contributed by atoms with E-state index >= 15 is 0 Å². The number of ether oxygens (including phenoxy) is 1. The molecule has 0 saturated carbocycles. The third kappa shape index (κ3) is 6.09. The first-order valence-electron chi connectivity index (χ1n) is 7.03. The number of benzene rings is 2. The number of hydrogen-bond donors (Lipinski definition) is 1. The number of nitrogens with one attached hydrogen (secondary N) is 1. The van der Waals surface area contributed by atoms with Crippen LogP contribution < -0.4 is 5.32 Å². The molecule has 9 heteroatoms. The van der Waals surface area contributed by atoms with Crippen molar-refractivity contribution in [3.8, 4) is 0 Å². The van der Waals surface area contributed by atoms with Crippen LogP contribution >= 0.6 is 23.4 Å². The zero-order valence-electron chi connectivity index (χ0n) is 12.8. The minimum Gasteiger partial charge on any atom is -0.455 e. The van der Waals surface area contributed by atoms with Crippen molar-refractivity contribution >= 4 is 46.6 Å². The van der Waals surface area contributed by atoms with Gasteiger partial charge < -0.3 is 10.1 Å². The minimum absolute atomic E-state index is 0.0218. The van der Waals surface area contributed by atoms with Gasteiger partial charge in [0.25, 0.3) is 11.6 Å². The second kappa shape index (κ2) is 9.05. The van der Waals surface area contributed by atoms with Crippen LogP contribution in [0.3, 0.4) is 0 Å². The zero-order valence-corrected chi connectivity index (χ0v) is 14.4. The zero-order chi connectivity index (χ0) is 18.2. The first-order valence-corrected chi connectivity index (χ1v) is 8.39. The van der Waals surface area contributed by atoms with E-state index in [9.17, 15) is 19.7 Å². The Labute approximate surface area is 152 Å². The smallest absolute Gasteiger partial charge is 0.316 e. The van der Waals surface area contributed by atoms with Gasteiger partial charge >= 0.3 is 5.97 Å². The molecule has 0 atom stereocenters. The van der Waals surface area contributed by atoms with E-state index in [4.69, 9.17) is 16.3 Å². The average Bonchev–Trinajstić information content (AvgIpc) is 2.60. The number of nitro benzene ring substituents is 1. The summed E-state index contributed by atoms with van der Waals surface area (Å²) in [5.74, 6) is -1.04. The fourth-order valence-electron chi connectivity index (χ4n) is 1.75. The lowest BCUT2D eigenvalue weighted by Gasteiger charge is -2.08. The molecule has 0 fully saturated rings. The standard InChI is InChI=1S/C16H13ClN2O5S/c17-13-8-11(19(22)23)6-7-14(13)18-15(20)9-24-16(21)10-25-12-4-2-1-3-5-12/h1-8H,9-10H2,(H,18,20). The maximum atomic E-state index is 11.8. The SMILES string of the molecule is O=C(COC(=O)CSc1ccccc1)Nc1ccc([N+](=O)[O-])cc1Cl.